The zero-order chi connectivity index (χ0) is 21.9. The number of rotatable bonds is 5. The highest BCUT2D eigenvalue weighted by Gasteiger charge is 2.45. The van der Waals surface area contributed by atoms with E-state index in [9.17, 15) is 4.79 Å². The van der Waals surface area contributed by atoms with Gasteiger partial charge in [-0.3, -0.25) is 0 Å². The molecule has 3 heterocycles. The van der Waals surface area contributed by atoms with E-state index in [1.54, 1.807) is 6.08 Å². The van der Waals surface area contributed by atoms with Crippen molar-refractivity contribution in [2.24, 2.45) is 12.0 Å². The Hall–Kier alpha value is -2.58. The largest absolute Gasteiger partial charge is 0.444 e. The number of nitrogens with zero attached hydrogens (tertiary/aromatic N) is 5. The van der Waals surface area contributed by atoms with E-state index < -0.39 is 5.60 Å². The van der Waals surface area contributed by atoms with Crippen molar-refractivity contribution in [2.75, 3.05) is 6.54 Å². The third-order valence-electron chi connectivity index (χ3n) is 5.65. The third-order valence-corrected chi connectivity index (χ3v) is 5.65. The molecular weight excluding hydrogens is 382 g/mol. The van der Waals surface area contributed by atoms with Crippen LogP contribution in [0, 0.1) is 6.92 Å². The first-order valence-electron chi connectivity index (χ1n) is 10.7. The Morgan fingerprint density at radius 2 is 1.97 bits per heavy atom. The van der Waals surface area contributed by atoms with Crippen molar-refractivity contribution < 1.29 is 9.53 Å². The number of aliphatic imine (C=N–C) groups is 1. The molecule has 0 saturated carbocycles. The van der Waals surface area contributed by atoms with Crippen LogP contribution in [-0.2, 0) is 18.3 Å². The number of aromatic nitrogens is 3. The SMILES string of the molecule is C=CCNC(=NCc1nnc(C)n1C)NC1CC2CCC(C1)N2C(=O)OC(C)(C)C. The van der Waals surface area contributed by atoms with Crippen LogP contribution in [-0.4, -0.2) is 62.0 Å². The Balaban J connectivity index is 1.64. The van der Waals surface area contributed by atoms with E-state index in [1.165, 1.54) is 0 Å². The van der Waals surface area contributed by atoms with Crippen molar-refractivity contribution >= 4 is 12.1 Å². The molecule has 1 aromatic rings. The van der Waals surface area contributed by atoms with E-state index in [1.807, 2.05) is 44.2 Å². The monoisotopic (exact) mass is 417 g/mol. The summed E-state index contributed by atoms with van der Waals surface area (Å²) in [6.07, 6.45) is 5.42. The van der Waals surface area contributed by atoms with E-state index in [0.717, 1.165) is 43.3 Å². The number of aryl methyl sites for hydroxylation is 1. The van der Waals surface area contributed by atoms with Crippen LogP contribution in [0.3, 0.4) is 0 Å². The maximum absolute atomic E-state index is 12.7. The van der Waals surface area contributed by atoms with Crippen molar-refractivity contribution in [2.45, 2.75) is 83.6 Å². The van der Waals surface area contributed by atoms with Gasteiger partial charge in [0.15, 0.2) is 11.8 Å². The molecule has 1 aromatic heterocycles. The minimum absolute atomic E-state index is 0.190. The smallest absolute Gasteiger partial charge is 0.410 e. The van der Waals surface area contributed by atoms with Crippen LogP contribution in [0.1, 0.15) is 58.1 Å². The lowest BCUT2D eigenvalue weighted by molar-refractivity contribution is 0.00545. The number of amides is 1. The minimum atomic E-state index is -0.474. The number of hydrogen-bond acceptors (Lipinski definition) is 5. The van der Waals surface area contributed by atoms with Gasteiger partial charge in [-0.25, -0.2) is 9.79 Å². The number of piperidine rings is 1. The number of hydrogen-bond donors (Lipinski definition) is 2. The summed E-state index contributed by atoms with van der Waals surface area (Å²) >= 11 is 0. The number of guanidine groups is 1. The summed E-state index contributed by atoms with van der Waals surface area (Å²) in [6.45, 7) is 12.5. The first kappa shape index (κ1) is 22.1. The zero-order valence-corrected chi connectivity index (χ0v) is 18.8. The number of nitrogens with one attached hydrogen (secondary N) is 2. The molecule has 9 heteroatoms. The van der Waals surface area contributed by atoms with Crippen LogP contribution in [0.4, 0.5) is 4.79 Å². The molecule has 2 atom stereocenters. The first-order valence-corrected chi connectivity index (χ1v) is 10.7. The number of fused-ring (bicyclic) bond motifs is 2. The van der Waals surface area contributed by atoms with Gasteiger partial charge in [-0.15, -0.1) is 16.8 Å². The Labute approximate surface area is 179 Å². The Bertz CT molecular complexity index is 782. The van der Waals surface area contributed by atoms with Gasteiger partial charge in [0.2, 0.25) is 0 Å². The van der Waals surface area contributed by atoms with Gasteiger partial charge < -0.3 is 24.8 Å². The molecule has 3 rings (SSSR count). The predicted molar refractivity (Wildman–Crippen MR) is 116 cm³/mol. The number of ether oxygens (including phenoxy) is 1. The molecular formula is C21H35N7O2. The van der Waals surface area contributed by atoms with Gasteiger partial charge in [-0.2, -0.15) is 0 Å². The quantitative estimate of drug-likeness (QED) is 0.433. The van der Waals surface area contributed by atoms with E-state index >= 15 is 0 Å². The van der Waals surface area contributed by atoms with Crippen LogP contribution < -0.4 is 10.6 Å². The second-order valence-corrected chi connectivity index (χ2v) is 9.14. The molecule has 0 spiro atoms. The molecule has 1 amide bonds. The normalized spacial score (nSPS) is 24.0. The second-order valence-electron chi connectivity index (χ2n) is 9.14. The Morgan fingerprint density at radius 1 is 1.30 bits per heavy atom. The third kappa shape index (κ3) is 5.31. The fourth-order valence-electron chi connectivity index (χ4n) is 4.16. The fourth-order valence-corrected chi connectivity index (χ4v) is 4.16. The molecule has 0 aliphatic carbocycles. The maximum atomic E-state index is 12.7. The van der Waals surface area contributed by atoms with Crippen molar-refractivity contribution in [3.05, 3.63) is 24.3 Å². The molecule has 2 aliphatic rings. The summed E-state index contributed by atoms with van der Waals surface area (Å²) < 4.78 is 7.57. The highest BCUT2D eigenvalue weighted by atomic mass is 16.6. The van der Waals surface area contributed by atoms with Gasteiger partial charge in [0, 0.05) is 31.7 Å². The van der Waals surface area contributed by atoms with Crippen LogP contribution in [0.2, 0.25) is 0 Å². The lowest BCUT2D eigenvalue weighted by Crippen LogP contribution is -2.55. The molecule has 166 valence electrons. The highest BCUT2D eigenvalue weighted by Crippen LogP contribution is 2.36. The lowest BCUT2D eigenvalue weighted by Gasteiger charge is -2.40. The molecule has 2 saturated heterocycles. The number of carbonyl (C=O) groups excluding carboxylic acids is 1. The summed E-state index contributed by atoms with van der Waals surface area (Å²) in [5.74, 6) is 2.40. The summed E-state index contributed by atoms with van der Waals surface area (Å²) in [4.78, 5) is 19.3. The first-order chi connectivity index (χ1) is 14.2. The average Bonchev–Trinajstić information content (AvgIpc) is 3.12. The van der Waals surface area contributed by atoms with Crippen LogP contribution in [0.15, 0.2) is 17.6 Å². The van der Waals surface area contributed by atoms with E-state index in [0.29, 0.717) is 13.1 Å². The molecule has 2 unspecified atom stereocenters. The van der Waals surface area contributed by atoms with Gasteiger partial charge >= 0.3 is 6.09 Å². The van der Waals surface area contributed by atoms with E-state index in [2.05, 4.69) is 27.4 Å². The van der Waals surface area contributed by atoms with E-state index in [4.69, 9.17) is 9.73 Å². The average molecular weight is 418 g/mol. The highest BCUT2D eigenvalue weighted by molar-refractivity contribution is 5.80. The van der Waals surface area contributed by atoms with Gasteiger partial charge in [-0.05, 0) is 53.4 Å². The molecule has 2 fully saturated rings. The van der Waals surface area contributed by atoms with Gasteiger partial charge in [0.25, 0.3) is 0 Å². The number of carbonyl (C=O) groups is 1. The molecule has 2 aliphatic heterocycles. The second kappa shape index (κ2) is 9.06. The molecule has 0 aromatic carbocycles. The van der Waals surface area contributed by atoms with Gasteiger partial charge in [0.1, 0.15) is 18.0 Å². The molecule has 30 heavy (non-hydrogen) atoms. The fraction of sp³-hybridized carbons (Fsp3) is 0.714. The molecule has 2 N–H and O–H groups in total. The molecule has 2 bridgehead atoms. The Kier molecular flexibility index (Phi) is 6.67. The standard InChI is InChI=1S/C21H35N7O2/c1-7-10-22-19(23-13-18-26-25-14(2)27(18)6)24-15-11-16-8-9-17(12-15)28(16)20(29)30-21(3,4)5/h7,15-17H,1,8-13H2,2-6H3,(H2,22,23,24). The summed E-state index contributed by atoms with van der Waals surface area (Å²) in [7, 11) is 1.94. The van der Waals surface area contributed by atoms with Gasteiger partial charge in [-0.1, -0.05) is 6.08 Å². The molecule has 9 nitrogen and oxygen atoms in total. The Morgan fingerprint density at radius 3 is 2.50 bits per heavy atom. The van der Waals surface area contributed by atoms with Crippen LogP contribution in [0.5, 0.6) is 0 Å². The van der Waals surface area contributed by atoms with Crippen molar-refractivity contribution in [1.82, 2.24) is 30.3 Å². The summed E-state index contributed by atoms with van der Waals surface area (Å²) in [5.41, 5.74) is -0.474. The predicted octanol–water partition coefficient (Wildman–Crippen LogP) is 2.28. The van der Waals surface area contributed by atoms with Crippen molar-refractivity contribution in [3.8, 4) is 0 Å². The van der Waals surface area contributed by atoms with Crippen LogP contribution >= 0.6 is 0 Å². The van der Waals surface area contributed by atoms with Crippen LogP contribution in [0.25, 0.3) is 0 Å². The minimum Gasteiger partial charge on any atom is -0.444 e. The zero-order valence-electron chi connectivity index (χ0n) is 18.8. The summed E-state index contributed by atoms with van der Waals surface area (Å²) in [5, 5.41) is 15.1. The van der Waals surface area contributed by atoms with Crippen molar-refractivity contribution in [1.29, 1.82) is 0 Å². The van der Waals surface area contributed by atoms with Crippen molar-refractivity contribution in [3.63, 3.8) is 0 Å². The molecule has 0 radical (unpaired) electrons. The van der Waals surface area contributed by atoms with E-state index in [-0.39, 0.29) is 24.2 Å². The summed E-state index contributed by atoms with van der Waals surface area (Å²) in [6, 6.07) is 0.662. The lowest BCUT2D eigenvalue weighted by atomic mass is 9.98. The topological polar surface area (TPSA) is 96.7 Å². The van der Waals surface area contributed by atoms with Gasteiger partial charge in [0.05, 0.1) is 0 Å². The maximum Gasteiger partial charge on any atom is 0.410 e.